The van der Waals surface area contributed by atoms with Crippen LogP contribution in [0, 0.1) is 18.6 Å². The quantitative estimate of drug-likeness (QED) is 0.693. The predicted molar refractivity (Wildman–Crippen MR) is 95.6 cm³/mol. The number of hydrogen-bond acceptors (Lipinski definition) is 4. The van der Waals surface area contributed by atoms with Crippen molar-refractivity contribution >= 4 is 23.1 Å². The second-order valence-corrected chi connectivity index (χ2v) is 6.53. The maximum Gasteiger partial charge on any atom is 0.266 e. The van der Waals surface area contributed by atoms with Crippen molar-refractivity contribution in [2.45, 2.75) is 27.0 Å². The summed E-state index contributed by atoms with van der Waals surface area (Å²) in [5.74, 6) is -1.24. The van der Waals surface area contributed by atoms with E-state index in [2.05, 4.69) is 10.4 Å². The van der Waals surface area contributed by atoms with Crippen molar-refractivity contribution in [3.8, 4) is 5.75 Å². The van der Waals surface area contributed by atoms with Gasteiger partial charge in [-0.15, -0.1) is 11.3 Å². The highest BCUT2D eigenvalue weighted by molar-refractivity contribution is 7.12. The summed E-state index contributed by atoms with van der Waals surface area (Å²) in [6.07, 6.45) is 0. The number of anilines is 1. The van der Waals surface area contributed by atoms with Crippen LogP contribution < -0.4 is 10.1 Å². The van der Waals surface area contributed by atoms with E-state index in [0.29, 0.717) is 10.7 Å². The average molecular weight is 377 g/mol. The summed E-state index contributed by atoms with van der Waals surface area (Å²) in [6, 6.07) is 6.60. The van der Waals surface area contributed by atoms with Gasteiger partial charge in [-0.3, -0.25) is 9.48 Å². The molecule has 0 saturated heterocycles. The van der Waals surface area contributed by atoms with Gasteiger partial charge in [0.15, 0.2) is 17.4 Å². The van der Waals surface area contributed by atoms with Crippen molar-refractivity contribution in [3.63, 3.8) is 0 Å². The van der Waals surface area contributed by atoms with Gasteiger partial charge in [-0.2, -0.15) is 5.10 Å². The molecule has 0 saturated carbocycles. The summed E-state index contributed by atoms with van der Waals surface area (Å²) in [5, 5.41) is 8.80. The van der Waals surface area contributed by atoms with Crippen LogP contribution in [0.1, 0.15) is 27.9 Å². The van der Waals surface area contributed by atoms with Crippen LogP contribution in [0.3, 0.4) is 0 Å². The Hall–Kier alpha value is -2.74. The molecule has 5 nitrogen and oxygen atoms in total. The van der Waals surface area contributed by atoms with E-state index in [1.807, 2.05) is 13.8 Å². The van der Waals surface area contributed by atoms with E-state index >= 15 is 0 Å². The number of amides is 1. The monoisotopic (exact) mass is 377 g/mol. The molecule has 0 aliphatic rings. The Bertz CT molecular complexity index is 936. The Morgan fingerprint density at radius 2 is 2.12 bits per heavy atom. The van der Waals surface area contributed by atoms with Crippen LogP contribution >= 0.6 is 11.3 Å². The van der Waals surface area contributed by atoms with Gasteiger partial charge in [0.05, 0.1) is 4.88 Å². The molecule has 1 amide bonds. The Balaban J connectivity index is 1.62. The zero-order valence-electron chi connectivity index (χ0n) is 14.3. The van der Waals surface area contributed by atoms with Gasteiger partial charge in [-0.25, -0.2) is 8.78 Å². The zero-order chi connectivity index (χ0) is 18.7. The van der Waals surface area contributed by atoms with E-state index in [1.165, 1.54) is 17.4 Å². The molecule has 2 heterocycles. The molecule has 136 valence electrons. The standard InChI is InChI=1S/C18H17F2N3O2S/c1-3-23-11(2)6-17(22-23)21-18(24)16-7-12(10-26-16)9-25-15-5-4-13(19)8-14(15)20/h4-8,10H,3,9H2,1-2H3,(H,21,22,24). The molecule has 1 N–H and O–H groups in total. The van der Waals surface area contributed by atoms with Gasteiger partial charge in [0.2, 0.25) is 0 Å². The van der Waals surface area contributed by atoms with E-state index in [4.69, 9.17) is 4.74 Å². The second kappa shape index (κ2) is 7.65. The van der Waals surface area contributed by atoms with Crippen molar-refractivity contribution in [3.05, 3.63) is 63.5 Å². The minimum atomic E-state index is -0.764. The summed E-state index contributed by atoms with van der Waals surface area (Å²) in [7, 11) is 0. The first-order valence-corrected chi connectivity index (χ1v) is 8.85. The molecule has 0 radical (unpaired) electrons. The molecule has 3 rings (SSSR count). The number of nitrogens with one attached hydrogen (secondary N) is 1. The first-order valence-electron chi connectivity index (χ1n) is 7.97. The molecule has 8 heteroatoms. The number of carbonyl (C=O) groups is 1. The number of thiophene rings is 1. The van der Waals surface area contributed by atoms with Crippen LogP contribution in [0.4, 0.5) is 14.6 Å². The molecule has 0 aliphatic carbocycles. The number of hydrogen-bond donors (Lipinski definition) is 1. The van der Waals surface area contributed by atoms with Crippen LogP contribution in [0.15, 0.2) is 35.7 Å². The summed E-state index contributed by atoms with van der Waals surface area (Å²) in [6.45, 7) is 4.69. The molecule has 1 aromatic carbocycles. The van der Waals surface area contributed by atoms with E-state index in [-0.39, 0.29) is 18.3 Å². The van der Waals surface area contributed by atoms with Gasteiger partial charge in [0, 0.05) is 29.9 Å². The molecular formula is C18H17F2N3O2S. The molecule has 0 bridgehead atoms. The number of rotatable bonds is 6. The number of ether oxygens (including phenoxy) is 1. The normalized spacial score (nSPS) is 10.8. The molecular weight excluding hydrogens is 360 g/mol. The lowest BCUT2D eigenvalue weighted by molar-refractivity contribution is 0.103. The molecule has 0 spiro atoms. The van der Waals surface area contributed by atoms with Crippen LogP contribution in [0.25, 0.3) is 0 Å². The maximum atomic E-state index is 13.6. The minimum Gasteiger partial charge on any atom is -0.486 e. The Morgan fingerprint density at radius 1 is 1.31 bits per heavy atom. The zero-order valence-corrected chi connectivity index (χ0v) is 15.1. The Kier molecular flexibility index (Phi) is 5.32. The summed E-state index contributed by atoms with van der Waals surface area (Å²) in [4.78, 5) is 12.8. The fourth-order valence-electron chi connectivity index (χ4n) is 2.39. The molecule has 2 aromatic heterocycles. The highest BCUT2D eigenvalue weighted by Crippen LogP contribution is 2.22. The van der Waals surface area contributed by atoms with Gasteiger partial charge in [-0.1, -0.05) is 0 Å². The highest BCUT2D eigenvalue weighted by Gasteiger charge is 2.13. The number of aromatic nitrogens is 2. The van der Waals surface area contributed by atoms with Crippen LogP contribution in [-0.2, 0) is 13.2 Å². The number of halogens is 2. The number of aryl methyl sites for hydroxylation is 2. The lowest BCUT2D eigenvalue weighted by atomic mass is 10.3. The summed E-state index contributed by atoms with van der Waals surface area (Å²) in [5.41, 5.74) is 1.68. The van der Waals surface area contributed by atoms with E-state index in [9.17, 15) is 13.6 Å². The number of carbonyl (C=O) groups excluding carboxylic acids is 1. The molecule has 0 fully saturated rings. The lowest BCUT2D eigenvalue weighted by Gasteiger charge is -2.05. The topological polar surface area (TPSA) is 56.2 Å². The van der Waals surface area contributed by atoms with Gasteiger partial charge in [0.1, 0.15) is 12.4 Å². The molecule has 0 atom stereocenters. The molecule has 0 aliphatic heterocycles. The van der Waals surface area contributed by atoms with Crippen LogP contribution in [0.5, 0.6) is 5.75 Å². The SMILES string of the molecule is CCn1nc(NC(=O)c2cc(COc3ccc(F)cc3F)cs2)cc1C. The minimum absolute atomic E-state index is 0.0378. The van der Waals surface area contributed by atoms with Crippen molar-refractivity contribution in [1.82, 2.24) is 9.78 Å². The third-order valence-electron chi connectivity index (χ3n) is 3.69. The maximum absolute atomic E-state index is 13.6. The summed E-state index contributed by atoms with van der Waals surface area (Å²) < 4.78 is 33.6. The average Bonchev–Trinajstić information content (AvgIpc) is 3.20. The van der Waals surface area contributed by atoms with Crippen molar-refractivity contribution in [2.75, 3.05) is 5.32 Å². The largest absolute Gasteiger partial charge is 0.486 e. The number of benzene rings is 1. The summed E-state index contributed by atoms with van der Waals surface area (Å²) >= 11 is 1.26. The fraction of sp³-hybridized carbons (Fsp3) is 0.222. The second-order valence-electron chi connectivity index (χ2n) is 5.62. The van der Waals surface area contributed by atoms with Crippen molar-refractivity contribution in [1.29, 1.82) is 0 Å². The number of nitrogens with zero attached hydrogens (tertiary/aromatic N) is 2. The predicted octanol–water partition coefficient (Wildman–Crippen LogP) is 4.38. The van der Waals surface area contributed by atoms with E-state index < -0.39 is 11.6 Å². The van der Waals surface area contributed by atoms with Gasteiger partial charge >= 0.3 is 0 Å². The third-order valence-corrected chi connectivity index (χ3v) is 4.67. The lowest BCUT2D eigenvalue weighted by Crippen LogP contribution is -2.11. The first-order chi connectivity index (χ1) is 12.5. The Labute approximate surface area is 153 Å². The highest BCUT2D eigenvalue weighted by atomic mass is 32.1. The third kappa shape index (κ3) is 4.08. The van der Waals surface area contributed by atoms with Crippen molar-refractivity contribution < 1.29 is 18.3 Å². The molecule has 0 unspecified atom stereocenters. The van der Waals surface area contributed by atoms with Gasteiger partial charge in [-0.05, 0) is 37.4 Å². The molecule has 3 aromatic rings. The van der Waals surface area contributed by atoms with Crippen LogP contribution in [-0.4, -0.2) is 15.7 Å². The van der Waals surface area contributed by atoms with E-state index in [1.54, 1.807) is 22.2 Å². The fourth-order valence-corrected chi connectivity index (χ4v) is 3.18. The van der Waals surface area contributed by atoms with Gasteiger partial charge < -0.3 is 10.1 Å². The van der Waals surface area contributed by atoms with Gasteiger partial charge in [0.25, 0.3) is 5.91 Å². The molecule has 26 heavy (non-hydrogen) atoms. The Morgan fingerprint density at radius 3 is 2.81 bits per heavy atom. The first kappa shape index (κ1) is 18.1. The smallest absolute Gasteiger partial charge is 0.266 e. The van der Waals surface area contributed by atoms with Crippen LogP contribution in [0.2, 0.25) is 0 Å². The van der Waals surface area contributed by atoms with Crippen molar-refractivity contribution in [2.24, 2.45) is 0 Å². The van der Waals surface area contributed by atoms with E-state index in [0.717, 1.165) is 29.9 Å².